The molecule has 1 aliphatic carbocycles. The van der Waals surface area contributed by atoms with Crippen LogP contribution in [0.4, 0.5) is 5.13 Å². The van der Waals surface area contributed by atoms with Crippen LogP contribution in [0.3, 0.4) is 0 Å². The van der Waals surface area contributed by atoms with Crippen LogP contribution in [0.25, 0.3) is 0 Å². The second-order valence-corrected chi connectivity index (χ2v) is 7.26. The number of aromatic nitrogens is 1. The van der Waals surface area contributed by atoms with Gasteiger partial charge in [0.15, 0.2) is 5.13 Å². The number of anilines is 1. The first-order valence-corrected chi connectivity index (χ1v) is 7.35. The first-order valence-electron chi connectivity index (χ1n) is 4.99. The van der Waals surface area contributed by atoms with Crippen LogP contribution in [0.5, 0.6) is 0 Å². The van der Waals surface area contributed by atoms with Crippen LogP contribution in [-0.4, -0.2) is 18.7 Å². The van der Waals surface area contributed by atoms with E-state index >= 15 is 0 Å². The van der Waals surface area contributed by atoms with E-state index in [4.69, 9.17) is 0 Å². The van der Waals surface area contributed by atoms with Gasteiger partial charge in [-0.25, -0.2) is 13.4 Å². The molecule has 0 unspecified atom stereocenters. The minimum absolute atomic E-state index is 0.420. The summed E-state index contributed by atoms with van der Waals surface area (Å²) in [6.45, 7) is 3.31. The van der Waals surface area contributed by atoms with E-state index in [1.807, 2.05) is 0 Å². The zero-order chi connectivity index (χ0) is 11.1. The first kappa shape index (κ1) is 10.9. The fourth-order valence-corrected chi connectivity index (χ4v) is 3.41. The minimum Gasteiger partial charge on any atom is -0.258 e. The van der Waals surface area contributed by atoms with Gasteiger partial charge in [0, 0.05) is 4.88 Å². The van der Waals surface area contributed by atoms with Crippen molar-refractivity contribution < 1.29 is 8.42 Å². The molecule has 6 heteroatoms. The van der Waals surface area contributed by atoms with E-state index in [1.54, 1.807) is 13.8 Å². The number of nitrogens with zero attached hydrogens (tertiary/aromatic N) is 1. The predicted molar refractivity (Wildman–Crippen MR) is 61.8 cm³/mol. The van der Waals surface area contributed by atoms with Crippen molar-refractivity contribution in [3.05, 3.63) is 10.6 Å². The molecule has 1 heterocycles. The lowest BCUT2D eigenvalue weighted by Gasteiger charge is -2.07. The van der Waals surface area contributed by atoms with Crippen molar-refractivity contribution in [2.24, 2.45) is 0 Å². The van der Waals surface area contributed by atoms with Crippen LogP contribution < -0.4 is 4.72 Å². The molecule has 0 saturated carbocycles. The van der Waals surface area contributed by atoms with Crippen LogP contribution in [0.15, 0.2) is 0 Å². The maximum absolute atomic E-state index is 11.6. The average Bonchev–Trinajstić information content (AvgIpc) is 2.62. The summed E-state index contributed by atoms with van der Waals surface area (Å²) in [6, 6.07) is 0. The molecule has 0 saturated heterocycles. The predicted octanol–water partition coefficient (Wildman–Crippen LogP) is 1.78. The summed E-state index contributed by atoms with van der Waals surface area (Å²) in [6.07, 6.45) is 3.16. The fourth-order valence-electron chi connectivity index (χ4n) is 1.47. The van der Waals surface area contributed by atoms with Gasteiger partial charge in [-0.3, -0.25) is 4.72 Å². The van der Waals surface area contributed by atoms with E-state index in [0.717, 1.165) is 25.0 Å². The topological polar surface area (TPSA) is 59.1 Å². The molecular weight excluding hydrogens is 232 g/mol. The van der Waals surface area contributed by atoms with E-state index in [1.165, 1.54) is 16.2 Å². The van der Waals surface area contributed by atoms with Crippen LogP contribution in [0.2, 0.25) is 0 Å². The first-order chi connectivity index (χ1) is 6.99. The molecule has 0 spiro atoms. The van der Waals surface area contributed by atoms with Crippen molar-refractivity contribution in [3.63, 3.8) is 0 Å². The summed E-state index contributed by atoms with van der Waals surface area (Å²) in [5.41, 5.74) is 1.07. The number of nitrogens with one attached hydrogen (secondary N) is 1. The Morgan fingerprint density at radius 2 is 2.13 bits per heavy atom. The van der Waals surface area contributed by atoms with Crippen molar-refractivity contribution in [3.8, 4) is 0 Å². The lowest BCUT2D eigenvalue weighted by Crippen LogP contribution is -2.22. The largest absolute Gasteiger partial charge is 0.258 e. The molecule has 84 valence electrons. The van der Waals surface area contributed by atoms with Crippen molar-refractivity contribution >= 4 is 26.5 Å². The van der Waals surface area contributed by atoms with E-state index < -0.39 is 15.3 Å². The van der Waals surface area contributed by atoms with E-state index in [0.29, 0.717) is 5.13 Å². The Balaban J connectivity index is 2.19. The van der Waals surface area contributed by atoms with Crippen molar-refractivity contribution in [2.75, 3.05) is 4.72 Å². The lowest BCUT2D eigenvalue weighted by molar-refractivity contribution is 0.592. The Bertz CT molecular complexity index is 441. The van der Waals surface area contributed by atoms with Crippen molar-refractivity contribution in [1.29, 1.82) is 0 Å². The molecule has 0 bridgehead atoms. The fraction of sp³-hybridized carbons (Fsp3) is 0.667. The average molecular weight is 246 g/mol. The van der Waals surface area contributed by atoms with Gasteiger partial charge in [0.1, 0.15) is 0 Å². The van der Waals surface area contributed by atoms with Gasteiger partial charge < -0.3 is 0 Å². The SMILES string of the molecule is CC(C)S(=O)(=O)Nc1nc2c(s1)CCC2. The molecule has 2 rings (SSSR count). The second-order valence-electron chi connectivity index (χ2n) is 3.94. The second kappa shape index (κ2) is 3.75. The summed E-state index contributed by atoms with van der Waals surface area (Å²) in [5, 5.41) is 0.102. The highest BCUT2D eigenvalue weighted by molar-refractivity contribution is 7.93. The summed E-state index contributed by atoms with van der Waals surface area (Å²) < 4.78 is 25.7. The number of sulfonamides is 1. The third-order valence-electron chi connectivity index (χ3n) is 2.45. The Kier molecular flexibility index (Phi) is 2.72. The highest BCUT2D eigenvalue weighted by Gasteiger charge is 2.21. The summed E-state index contributed by atoms with van der Waals surface area (Å²) in [5.74, 6) is 0. The monoisotopic (exact) mass is 246 g/mol. The third kappa shape index (κ3) is 2.15. The van der Waals surface area contributed by atoms with Gasteiger partial charge in [-0.05, 0) is 33.1 Å². The number of fused-ring (bicyclic) bond motifs is 1. The third-order valence-corrected chi connectivity index (χ3v) is 5.37. The Hall–Kier alpha value is -0.620. The van der Waals surface area contributed by atoms with Gasteiger partial charge in [-0.1, -0.05) is 0 Å². The van der Waals surface area contributed by atoms with Gasteiger partial charge in [-0.2, -0.15) is 0 Å². The zero-order valence-electron chi connectivity index (χ0n) is 8.78. The molecule has 0 radical (unpaired) electrons. The Morgan fingerprint density at radius 1 is 1.40 bits per heavy atom. The molecule has 0 fully saturated rings. The molecule has 1 aliphatic rings. The van der Waals surface area contributed by atoms with E-state index in [-0.39, 0.29) is 0 Å². The molecule has 15 heavy (non-hydrogen) atoms. The number of aryl methyl sites for hydroxylation is 2. The molecule has 0 aromatic carbocycles. The van der Waals surface area contributed by atoms with Gasteiger partial charge in [-0.15, -0.1) is 11.3 Å². The molecule has 1 aromatic rings. The molecule has 0 atom stereocenters. The maximum Gasteiger partial charge on any atom is 0.236 e. The summed E-state index contributed by atoms with van der Waals surface area (Å²) in [7, 11) is -3.24. The molecule has 0 amide bonds. The van der Waals surface area contributed by atoms with E-state index in [9.17, 15) is 8.42 Å². The Morgan fingerprint density at radius 3 is 2.73 bits per heavy atom. The normalized spacial score (nSPS) is 15.7. The molecule has 1 N–H and O–H groups in total. The molecular formula is C9H14N2O2S2. The van der Waals surface area contributed by atoms with Gasteiger partial charge in [0.05, 0.1) is 10.9 Å². The molecule has 0 aliphatic heterocycles. The van der Waals surface area contributed by atoms with Crippen molar-refractivity contribution in [1.82, 2.24) is 4.98 Å². The number of hydrogen-bond donors (Lipinski definition) is 1. The lowest BCUT2D eigenvalue weighted by atomic mass is 10.4. The minimum atomic E-state index is -3.24. The van der Waals surface area contributed by atoms with Gasteiger partial charge in [0.25, 0.3) is 0 Å². The highest BCUT2D eigenvalue weighted by Crippen LogP contribution is 2.31. The van der Waals surface area contributed by atoms with Gasteiger partial charge in [0.2, 0.25) is 10.0 Å². The number of hydrogen-bond acceptors (Lipinski definition) is 4. The smallest absolute Gasteiger partial charge is 0.236 e. The molecule has 1 aromatic heterocycles. The summed E-state index contributed by atoms with van der Waals surface area (Å²) >= 11 is 1.46. The van der Waals surface area contributed by atoms with E-state index in [2.05, 4.69) is 9.71 Å². The van der Waals surface area contributed by atoms with Gasteiger partial charge >= 0.3 is 0 Å². The standard InChI is InChI=1S/C9H14N2O2S2/c1-6(2)15(12,13)11-9-10-7-4-3-5-8(7)14-9/h6H,3-5H2,1-2H3,(H,10,11). The van der Waals surface area contributed by atoms with Crippen LogP contribution in [0, 0.1) is 0 Å². The van der Waals surface area contributed by atoms with Crippen LogP contribution in [-0.2, 0) is 22.9 Å². The number of rotatable bonds is 3. The Labute approximate surface area is 93.8 Å². The van der Waals surface area contributed by atoms with Crippen LogP contribution >= 0.6 is 11.3 Å². The highest BCUT2D eigenvalue weighted by atomic mass is 32.2. The maximum atomic E-state index is 11.6. The summed E-state index contributed by atoms with van der Waals surface area (Å²) in [4.78, 5) is 5.52. The quantitative estimate of drug-likeness (QED) is 0.884. The molecule has 4 nitrogen and oxygen atoms in total. The zero-order valence-corrected chi connectivity index (χ0v) is 10.4. The van der Waals surface area contributed by atoms with Crippen LogP contribution in [0.1, 0.15) is 30.8 Å². The number of thiazole rings is 1. The van der Waals surface area contributed by atoms with Crippen molar-refractivity contribution in [2.45, 2.75) is 38.4 Å².